The topological polar surface area (TPSA) is 99.1 Å². The van der Waals surface area contributed by atoms with Gasteiger partial charge in [0.1, 0.15) is 6.61 Å². The highest BCUT2D eigenvalue weighted by molar-refractivity contribution is 5.72. The highest BCUT2D eigenvalue weighted by Gasteiger charge is 2.31. The minimum Gasteiger partial charge on any atom is -0.477 e. The number of esters is 2. The summed E-state index contributed by atoms with van der Waals surface area (Å²) in [4.78, 5) is 36.5. The van der Waals surface area contributed by atoms with Gasteiger partial charge in [-0.1, -0.05) is 96.6 Å². The van der Waals surface area contributed by atoms with E-state index in [0.717, 1.165) is 51.4 Å². The highest BCUT2D eigenvalue weighted by atomic mass is 16.6. The summed E-state index contributed by atoms with van der Waals surface area (Å²) in [6.45, 7) is 4.64. The molecule has 8 nitrogen and oxygen atoms in total. The van der Waals surface area contributed by atoms with Crippen LogP contribution in [0.1, 0.15) is 142 Å². The van der Waals surface area contributed by atoms with Gasteiger partial charge in [0.25, 0.3) is 0 Å². The lowest BCUT2D eigenvalue weighted by Gasteiger charge is -2.31. The number of carbonyl (C=O) groups is 3. The molecule has 0 rings (SSSR count). The van der Waals surface area contributed by atoms with Crippen molar-refractivity contribution in [3.8, 4) is 0 Å². The van der Waals surface area contributed by atoms with E-state index in [4.69, 9.17) is 14.2 Å². The maximum absolute atomic E-state index is 12.6. The molecule has 0 aliphatic rings. The van der Waals surface area contributed by atoms with E-state index >= 15 is 0 Å². The van der Waals surface area contributed by atoms with E-state index in [-0.39, 0.29) is 36.2 Å². The number of likely N-dealkylation sites (N-methyl/N-ethyl adjacent to an activating group) is 1. The molecule has 8 heteroatoms. The number of carboxylic acids is 1. The van der Waals surface area contributed by atoms with Crippen molar-refractivity contribution in [3.63, 3.8) is 0 Å². The third-order valence-corrected chi connectivity index (χ3v) is 7.66. The van der Waals surface area contributed by atoms with Gasteiger partial charge in [-0.3, -0.25) is 9.59 Å². The van der Waals surface area contributed by atoms with Gasteiger partial charge in [-0.25, -0.2) is 4.79 Å². The summed E-state index contributed by atoms with van der Waals surface area (Å²) in [5.41, 5.74) is 0. The van der Waals surface area contributed by atoms with Gasteiger partial charge in [-0.05, 0) is 38.5 Å². The Labute approximate surface area is 263 Å². The van der Waals surface area contributed by atoms with E-state index in [2.05, 4.69) is 26.0 Å². The summed E-state index contributed by atoms with van der Waals surface area (Å²) >= 11 is 0. The average molecular weight is 613 g/mol. The molecule has 0 amide bonds. The molecule has 2 atom stereocenters. The molecule has 252 valence electrons. The predicted molar refractivity (Wildman–Crippen MR) is 174 cm³/mol. The van der Waals surface area contributed by atoms with E-state index in [9.17, 15) is 19.5 Å². The highest BCUT2D eigenvalue weighted by Crippen LogP contribution is 2.13. The zero-order chi connectivity index (χ0) is 32.2. The lowest BCUT2D eigenvalue weighted by molar-refractivity contribution is -0.887. The van der Waals surface area contributed by atoms with Gasteiger partial charge >= 0.3 is 17.9 Å². The zero-order valence-corrected chi connectivity index (χ0v) is 28.4. The van der Waals surface area contributed by atoms with Crippen LogP contribution in [0.5, 0.6) is 0 Å². The molecular formula is C35H66NO7+. The quantitative estimate of drug-likeness (QED) is 0.0380. The number of nitrogens with zero attached hydrogens (tertiary/aromatic N) is 1. The number of unbranched alkanes of at least 4 members (excludes halogenated alkanes) is 14. The van der Waals surface area contributed by atoms with E-state index in [0.29, 0.717) is 19.3 Å². The van der Waals surface area contributed by atoms with E-state index in [1.807, 2.05) is 21.1 Å². The summed E-state index contributed by atoms with van der Waals surface area (Å²) < 4.78 is 17.1. The van der Waals surface area contributed by atoms with Gasteiger partial charge in [0.2, 0.25) is 0 Å². The molecule has 2 unspecified atom stereocenters. The summed E-state index contributed by atoms with van der Waals surface area (Å²) in [5, 5.41) is 9.53. The van der Waals surface area contributed by atoms with Gasteiger partial charge in [0.15, 0.2) is 12.1 Å². The van der Waals surface area contributed by atoms with Crippen LogP contribution in [0, 0.1) is 0 Å². The second-order valence-electron chi connectivity index (χ2n) is 12.8. The third-order valence-electron chi connectivity index (χ3n) is 7.66. The van der Waals surface area contributed by atoms with Crippen molar-refractivity contribution in [2.24, 2.45) is 0 Å². The van der Waals surface area contributed by atoms with Crippen LogP contribution in [0.2, 0.25) is 0 Å². The maximum Gasteiger partial charge on any atom is 0.362 e. The van der Waals surface area contributed by atoms with Crippen LogP contribution >= 0.6 is 0 Å². The Bertz CT molecular complexity index is 732. The van der Waals surface area contributed by atoms with Crippen molar-refractivity contribution in [1.82, 2.24) is 0 Å². The smallest absolute Gasteiger partial charge is 0.362 e. The average Bonchev–Trinajstić information content (AvgIpc) is 2.94. The van der Waals surface area contributed by atoms with Crippen LogP contribution in [0.3, 0.4) is 0 Å². The fourth-order valence-electron chi connectivity index (χ4n) is 4.91. The second-order valence-corrected chi connectivity index (χ2v) is 12.8. The molecule has 0 aliphatic carbocycles. The Morgan fingerprint density at radius 2 is 1.16 bits per heavy atom. The number of hydrogen-bond donors (Lipinski definition) is 1. The lowest BCUT2D eigenvalue weighted by Crippen LogP contribution is -2.50. The SMILES string of the molecule is CCCCC/C=C/CCCCCCCC(=O)OC(COCCC(C(=O)O)[N+](C)(C)C)COC(=O)CCCCCCCCC. The van der Waals surface area contributed by atoms with Crippen LogP contribution in [0.25, 0.3) is 0 Å². The minimum atomic E-state index is -0.878. The fraction of sp³-hybridized carbons (Fsp3) is 0.857. The van der Waals surface area contributed by atoms with E-state index in [1.165, 1.54) is 57.8 Å². The Kier molecular flexibility index (Phi) is 26.4. The Balaban J connectivity index is 4.47. The molecule has 0 aromatic rings. The molecule has 0 saturated heterocycles. The minimum absolute atomic E-state index is 0.0509. The van der Waals surface area contributed by atoms with Crippen LogP contribution in [-0.2, 0) is 28.6 Å². The molecule has 0 aromatic heterocycles. The number of carbonyl (C=O) groups excluding carboxylic acids is 2. The molecule has 0 bridgehead atoms. The summed E-state index contributed by atoms with van der Waals surface area (Å²) in [5.74, 6) is -1.49. The number of carboxylic acid groups (broad SMARTS) is 1. The fourth-order valence-corrected chi connectivity index (χ4v) is 4.91. The molecule has 0 aromatic carbocycles. The van der Waals surface area contributed by atoms with Crippen molar-refractivity contribution >= 4 is 17.9 Å². The summed E-state index contributed by atoms with van der Waals surface area (Å²) in [6.07, 6.45) is 24.0. The Morgan fingerprint density at radius 3 is 1.72 bits per heavy atom. The van der Waals surface area contributed by atoms with Crippen LogP contribution in [0.4, 0.5) is 0 Å². The zero-order valence-electron chi connectivity index (χ0n) is 28.4. The number of allylic oxidation sites excluding steroid dienone is 2. The van der Waals surface area contributed by atoms with Gasteiger partial charge in [0.05, 0.1) is 34.4 Å². The number of quaternary nitrogens is 1. The van der Waals surface area contributed by atoms with Crippen LogP contribution < -0.4 is 0 Å². The van der Waals surface area contributed by atoms with E-state index in [1.54, 1.807) is 0 Å². The first kappa shape index (κ1) is 41.1. The van der Waals surface area contributed by atoms with Crippen molar-refractivity contribution < 1.29 is 38.2 Å². The number of rotatable bonds is 30. The Morgan fingerprint density at radius 1 is 0.674 bits per heavy atom. The summed E-state index contributed by atoms with van der Waals surface area (Å²) in [6, 6.07) is -0.609. The predicted octanol–water partition coefficient (Wildman–Crippen LogP) is 8.02. The lowest BCUT2D eigenvalue weighted by atomic mass is 10.1. The molecule has 0 spiro atoms. The second kappa shape index (κ2) is 27.6. The monoisotopic (exact) mass is 612 g/mol. The van der Waals surface area contributed by atoms with E-state index < -0.39 is 18.1 Å². The van der Waals surface area contributed by atoms with Crippen molar-refractivity contribution in [2.45, 2.75) is 154 Å². The van der Waals surface area contributed by atoms with Gasteiger partial charge in [-0.2, -0.15) is 0 Å². The van der Waals surface area contributed by atoms with Crippen molar-refractivity contribution in [2.75, 3.05) is 41.0 Å². The third kappa shape index (κ3) is 26.2. The van der Waals surface area contributed by atoms with Gasteiger partial charge < -0.3 is 23.8 Å². The van der Waals surface area contributed by atoms with Crippen molar-refractivity contribution in [3.05, 3.63) is 12.2 Å². The van der Waals surface area contributed by atoms with Crippen LogP contribution in [0.15, 0.2) is 12.2 Å². The molecule has 0 fully saturated rings. The van der Waals surface area contributed by atoms with Gasteiger partial charge in [-0.15, -0.1) is 0 Å². The first-order chi connectivity index (χ1) is 20.6. The summed E-state index contributed by atoms with van der Waals surface area (Å²) in [7, 11) is 5.50. The Hall–Kier alpha value is -1.93. The maximum atomic E-state index is 12.6. The molecule has 43 heavy (non-hydrogen) atoms. The molecule has 0 saturated carbocycles. The molecule has 0 heterocycles. The molecule has 0 radical (unpaired) electrons. The standard InChI is InChI=1S/C35H65NO7/c1-6-8-10-12-14-15-16-17-18-20-22-24-26-34(38)43-31(29-41-28-27-32(35(39)40)36(3,4)5)30-42-33(37)25-23-21-19-13-11-9-7-2/h14-15,31-32H,6-13,16-30H2,1-5H3/p+1/b15-14+. The first-order valence-electron chi connectivity index (χ1n) is 17.2. The van der Waals surface area contributed by atoms with Crippen molar-refractivity contribution in [1.29, 1.82) is 0 Å². The molecular weight excluding hydrogens is 546 g/mol. The molecule has 0 aliphatic heterocycles. The number of aliphatic carboxylic acids is 1. The normalized spacial score (nSPS) is 13.2. The van der Waals surface area contributed by atoms with Gasteiger partial charge in [0, 0.05) is 19.3 Å². The number of hydrogen-bond acceptors (Lipinski definition) is 6. The first-order valence-corrected chi connectivity index (χ1v) is 17.2. The molecule has 1 N–H and O–H groups in total. The van der Waals surface area contributed by atoms with Crippen LogP contribution in [-0.4, -0.2) is 80.6 Å². The largest absolute Gasteiger partial charge is 0.477 e. The number of ether oxygens (including phenoxy) is 3.